The first-order valence-corrected chi connectivity index (χ1v) is 5.42. The van der Waals surface area contributed by atoms with Crippen molar-refractivity contribution in [3.05, 3.63) is 0 Å². The lowest BCUT2D eigenvalue weighted by atomic mass is 9.91. The first kappa shape index (κ1) is 16.2. The van der Waals surface area contributed by atoms with Gasteiger partial charge >= 0.3 is 6.18 Å². The standard InChI is InChI=1S/C10H20F3N3O/c1-4-5-16(7-10(11,12)13)6-9(2,3)8(17)15-14/h4-7,14H2,1-3H3,(H,15,17). The van der Waals surface area contributed by atoms with Gasteiger partial charge in [-0.25, -0.2) is 5.84 Å². The Bertz CT molecular complexity index is 254. The molecule has 0 aromatic rings. The van der Waals surface area contributed by atoms with Crippen LogP contribution in [0, 0.1) is 5.41 Å². The van der Waals surface area contributed by atoms with Crippen LogP contribution in [0.5, 0.6) is 0 Å². The third-order valence-electron chi connectivity index (χ3n) is 2.31. The molecule has 0 aliphatic rings. The molecule has 0 radical (unpaired) electrons. The number of halogens is 3. The van der Waals surface area contributed by atoms with E-state index in [0.29, 0.717) is 13.0 Å². The van der Waals surface area contributed by atoms with Gasteiger partial charge in [0.1, 0.15) is 0 Å². The van der Waals surface area contributed by atoms with Gasteiger partial charge in [0, 0.05) is 6.54 Å². The topological polar surface area (TPSA) is 58.4 Å². The summed E-state index contributed by atoms with van der Waals surface area (Å²) in [6.07, 6.45) is -3.67. The van der Waals surface area contributed by atoms with E-state index in [9.17, 15) is 18.0 Å². The minimum Gasteiger partial charge on any atom is -0.294 e. The maximum atomic E-state index is 12.3. The van der Waals surface area contributed by atoms with E-state index in [1.165, 1.54) is 4.90 Å². The SMILES string of the molecule is CCCN(CC(F)(F)F)CC(C)(C)C(=O)NN. The van der Waals surface area contributed by atoms with Gasteiger partial charge in [-0.2, -0.15) is 13.2 Å². The van der Waals surface area contributed by atoms with Gasteiger partial charge in [0.25, 0.3) is 0 Å². The summed E-state index contributed by atoms with van der Waals surface area (Å²) in [4.78, 5) is 12.6. The van der Waals surface area contributed by atoms with Crippen LogP contribution in [0.1, 0.15) is 27.2 Å². The highest BCUT2D eigenvalue weighted by atomic mass is 19.4. The quantitative estimate of drug-likeness (QED) is 0.427. The Morgan fingerprint density at radius 2 is 1.82 bits per heavy atom. The van der Waals surface area contributed by atoms with Gasteiger partial charge in [0.05, 0.1) is 12.0 Å². The van der Waals surface area contributed by atoms with Crippen molar-refractivity contribution >= 4 is 5.91 Å². The van der Waals surface area contributed by atoms with Gasteiger partial charge in [-0.1, -0.05) is 6.92 Å². The van der Waals surface area contributed by atoms with E-state index in [1.54, 1.807) is 20.8 Å². The number of carbonyl (C=O) groups excluding carboxylic acids is 1. The molecule has 0 aliphatic carbocycles. The molecule has 7 heteroatoms. The average Bonchev–Trinajstić information content (AvgIpc) is 2.13. The molecule has 4 nitrogen and oxygen atoms in total. The van der Waals surface area contributed by atoms with E-state index in [1.807, 2.05) is 5.43 Å². The summed E-state index contributed by atoms with van der Waals surface area (Å²) in [6, 6.07) is 0. The van der Waals surface area contributed by atoms with E-state index in [2.05, 4.69) is 0 Å². The number of nitrogens with two attached hydrogens (primary N) is 1. The zero-order chi connectivity index (χ0) is 13.7. The van der Waals surface area contributed by atoms with E-state index in [-0.39, 0.29) is 6.54 Å². The smallest absolute Gasteiger partial charge is 0.294 e. The molecule has 0 bridgehead atoms. The van der Waals surface area contributed by atoms with Gasteiger partial charge in [-0.05, 0) is 26.8 Å². The summed E-state index contributed by atoms with van der Waals surface area (Å²) in [5.41, 5.74) is 1.02. The lowest BCUT2D eigenvalue weighted by Gasteiger charge is -2.31. The molecule has 0 rings (SSSR count). The van der Waals surface area contributed by atoms with Crippen LogP contribution in [-0.2, 0) is 4.79 Å². The molecule has 0 unspecified atom stereocenters. The number of hydrazine groups is 1. The fourth-order valence-corrected chi connectivity index (χ4v) is 1.61. The number of carbonyl (C=O) groups is 1. The van der Waals surface area contributed by atoms with Crippen LogP contribution in [0.2, 0.25) is 0 Å². The second-order valence-corrected chi connectivity index (χ2v) is 4.68. The molecule has 0 aromatic carbocycles. The van der Waals surface area contributed by atoms with Gasteiger partial charge in [-0.3, -0.25) is 15.1 Å². The van der Waals surface area contributed by atoms with Gasteiger partial charge in [-0.15, -0.1) is 0 Å². The molecule has 0 fully saturated rings. The molecule has 0 saturated heterocycles. The number of amides is 1. The lowest BCUT2D eigenvalue weighted by Crippen LogP contribution is -2.49. The maximum absolute atomic E-state index is 12.3. The highest BCUT2D eigenvalue weighted by Crippen LogP contribution is 2.22. The third-order valence-corrected chi connectivity index (χ3v) is 2.31. The largest absolute Gasteiger partial charge is 0.401 e. The summed E-state index contributed by atoms with van der Waals surface area (Å²) in [6.45, 7) is 4.22. The monoisotopic (exact) mass is 255 g/mol. The van der Waals surface area contributed by atoms with Gasteiger partial charge in [0.2, 0.25) is 5.91 Å². The summed E-state index contributed by atoms with van der Waals surface area (Å²) in [5, 5.41) is 0. The van der Waals surface area contributed by atoms with E-state index < -0.39 is 24.0 Å². The Morgan fingerprint density at radius 3 is 2.18 bits per heavy atom. The Labute approximate surface area is 99.3 Å². The summed E-state index contributed by atoms with van der Waals surface area (Å²) in [7, 11) is 0. The number of hydrogen-bond acceptors (Lipinski definition) is 3. The summed E-state index contributed by atoms with van der Waals surface area (Å²) in [5.74, 6) is 4.52. The van der Waals surface area contributed by atoms with Crippen molar-refractivity contribution in [3.63, 3.8) is 0 Å². The molecule has 17 heavy (non-hydrogen) atoms. The molecule has 1 amide bonds. The van der Waals surface area contributed by atoms with Crippen LogP contribution in [0.15, 0.2) is 0 Å². The molecule has 102 valence electrons. The molecule has 0 atom stereocenters. The summed E-state index contributed by atoms with van der Waals surface area (Å²) >= 11 is 0. The number of nitrogens with one attached hydrogen (secondary N) is 1. The number of hydrogen-bond donors (Lipinski definition) is 2. The average molecular weight is 255 g/mol. The molecular formula is C10H20F3N3O. The Balaban J connectivity index is 4.58. The number of nitrogens with zero attached hydrogens (tertiary/aromatic N) is 1. The Morgan fingerprint density at radius 1 is 1.29 bits per heavy atom. The van der Waals surface area contributed by atoms with Crippen molar-refractivity contribution in [1.29, 1.82) is 0 Å². The first-order chi connectivity index (χ1) is 7.62. The van der Waals surface area contributed by atoms with Crippen molar-refractivity contribution in [3.8, 4) is 0 Å². The zero-order valence-corrected chi connectivity index (χ0v) is 10.4. The second-order valence-electron chi connectivity index (χ2n) is 4.68. The van der Waals surface area contributed by atoms with E-state index >= 15 is 0 Å². The van der Waals surface area contributed by atoms with Gasteiger partial charge < -0.3 is 0 Å². The van der Waals surface area contributed by atoms with Crippen LogP contribution >= 0.6 is 0 Å². The van der Waals surface area contributed by atoms with Crippen LogP contribution in [-0.4, -0.2) is 36.6 Å². The van der Waals surface area contributed by atoms with Gasteiger partial charge in [0.15, 0.2) is 0 Å². The maximum Gasteiger partial charge on any atom is 0.401 e. The summed E-state index contributed by atoms with van der Waals surface area (Å²) < 4.78 is 37.0. The lowest BCUT2D eigenvalue weighted by molar-refractivity contribution is -0.152. The molecule has 0 spiro atoms. The molecule has 3 N–H and O–H groups in total. The fraction of sp³-hybridized carbons (Fsp3) is 0.900. The van der Waals surface area contributed by atoms with Crippen molar-refractivity contribution in [2.75, 3.05) is 19.6 Å². The predicted molar refractivity (Wildman–Crippen MR) is 58.9 cm³/mol. The van der Waals surface area contributed by atoms with Crippen LogP contribution < -0.4 is 11.3 Å². The van der Waals surface area contributed by atoms with Crippen LogP contribution in [0.3, 0.4) is 0 Å². The predicted octanol–water partition coefficient (Wildman–Crippen LogP) is 1.28. The van der Waals surface area contributed by atoms with Crippen molar-refractivity contribution < 1.29 is 18.0 Å². The van der Waals surface area contributed by atoms with E-state index in [4.69, 9.17) is 5.84 Å². The van der Waals surface area contributed by atoms with Crippen molar-refractivity contribution in [1.82, 2.24) is 10.3 Å². The van der Waals surface area contributed by atoms with Crippen molar-refractivity contribution in [2.24, 2.45) is 11.3 Å². The van der Waals surface area contributed by atoms with Crippen LogP contribution in [0.25, 0.3) is 0 Å². The fourth-order valence-electron chi connectivity index (χ4n) is 1.61. The Kier molecular flexibility index (Phi) is 5.91. The number of alkyl halides is 3. The first-order valence-electron chi connectivity index (χ1n) is 5.42. The highest BCUT2D eigenvalue weighted by Gasteiger charge is 2.35. The molecular weight excluding hydrogens is 235 g/mol. The molecule has 0 aliphatic heterocycles. The van der Waals surface area contributed by atoms with Crippen LogP contribution in [0.4, 0.5) is 13.2 Å². The molecule has 0 aromatic heterocycles. The normalized spacial score (nSPS) is 12.9. The second kappa shape index (κ2) is 6.20. The zero-order valence-electron chi connectivity index (χ0n) is 10.4. The highest BCUT2D eigenvalue weighted by molar-refractivity contribution is 5.81. The minimum atomic E-state index is -4.26. The van der Waals surface area contributed by atoms with E-state index in [0.717, 1.165) is 0 Å². The Hall–Kier alpha value is -0.820. The number of rotatable bonds is 6. The molecule has 0 heterocycles. The third kappa shape index (κ3) is 6.48. The van der Waals surface area contributed by atoms with Crippen molar-refractivity contribution in [2.45, 2.75) is 33.4 Å². The minimum absolute atomic E-state index is 0.0172. The molecule has 0 saturated carbocycles.